The third-order valence-electron chi connectivity index (χ3n) is 3.22. The maximum absolute atomic E-state index is 11.5. The lowest BCUT2D eigenvalue weighted by atomic mass is 10.1. The number of benzene rings is 1. The molecule has 0 radical (unpaired) electrons. The first kappa shape index (κ1) is 13.8. The summed E-state index contributed by atoms with van der Waals surface area (Å²) in [6.45, 7) is 4.15. The number of hydrogen-bond acceptors (Lipinski definition) is 5. The number of rotatable bonds is 4. The van der Waals surface area contributed by atoms with Crippen molar-refractivity contribution in [1.29, 1.82) is 0 Å². The molecule has 3 aromatic rings. The standard InChI is InChI=1S/C15H15N3O2S/c1-9(2)14-17-18-12(8-19)13(16-15(18)21-14)10-4-6-11(20-3)7-5-10/h4-9H,1-3H3. The van der Waals surface area contributed by atoms with Crippen molar-refractivity contribution in [1.82, 2.24) is 14.6 Å². The molecule has 0 N–H and O–H groups in total. The monoisotopic (exact) mass is 301 g/mol. The molecule has 0 aliphatic carbocycles. The molecule has 0 aliphatic rings. The van der Waals surface area contributed by atoms with Gasteiger partial charge in [-0.05, 0) is 24.3 Å². The fourth-order valence-electron chi connectivity index (χ4n) is 2.08. The molecule has 0 spiro atoms. The number of carbonyl (C=O) groups excluding carboxylic acids is 1. The van der Waals surface area contributed by atoms with Gasteiger partial charge in [0.05, 0.1) is 7.11 Å². The molecule has 0 saturated heterocycles. The minimum absolute atomic E-state index is 0.320. The number of carbonyl (C=O) groups is 1. The van der Waals surface area contributed by atoms with Crippen molar-refractivity contribution >= 4 is 22.6 Å². The molecule has 0 atom stereocenters. The first-order chi connectivity index (χ1) is 10.1. The van der Waals surface area contributed by atoms with Crippen LogP contribution in [0.25, 0.3) is 16.2 Å². The fraction of sp³-hybridized carbons (Fsp3) is 0.267. The van der Waals surface area contributed by atoms with Gasteiger partial charge in [-0.1, -0.05) is 25.2 Å². The number of fused-ring (bicyclic) bond motifs is 1. The number of methoxy groups -OCH3 is 1. The Morgan fingerprint density at radius 3 is 2.57 bits per heavy atom. The number of aromatic nitrogens is 3. The van der Waals surface area contributed by atoms with Gasteiger partial charge in [-0.2, -0.15) is 9.61 Å². The molecule has 5 nitrogen and oxygen atoms in total. The van der Waals surface area contributed by atoms with E-state index in [1.54, 1.807) is 11.6 Å². The normalized spacial score (nSPS) is 11.2. The molecule has 108 valence electrons. The van der Waals surface area contributed by atoms with Gasteiger partial charge in [0, 0.05) is 11.5 Å². The van der Waals surface area contributed by atoms with Crippen LogP contribution in [0.3, 0.4) is 0 Å². The number of aldehydes is 1. The average Bonchev–Trinajstić information content (AvgIpc) is 3.04. The molecule has 2 heterocycles. The molecule has 6 heteroatoms. The lowest BCUT2D eigenvalue weighted by Crippen LogP contribution is -1.96. The number of nitrogens with zero attached hydrogens (tertiary/aromatic N) is 3. The second kappa shape index (κ2) is 5.29. The van der Waals surface area contributed by atoms with Crippen LogP contribution >= 0.6 is 11.3 Å². The predicted molar refractivity (Wildman–Crippen MR) is 82.3 cm³/mol. The van der Waals surface area contributed by atoms with Gasteiger partial charge in [-0.3, -0.25) is 4.79 Å². The van der Waals surface area contributed by atoms with Crippen LogP contribution < -0.4 is 4.74 Å². The van der Waals surface area contributed by atoms with Crippen molar-refractivity contribution in [3.8, 4) is 17.0 Å². The zero-order valence-electron chi connectivity index (χ0n) is 12.0. The van der Waals surface area contributed by atoms with Gasteiger partial charge in [0.1, 0.15) is 22.1 Å². The minimum Gasteiger partial charge on any atom is -0.497 e. The summed E-state index contributed by atoms with van der Waals surface area (Å²) in [5, 5.41) is 5.45. The Balaban J connectivity index is 2.13. The van der Waals surface area contributed by atoms with Gasteiger partial charge in [0.15, 0.2) is 6.29 Å². The maximum atomic E-state index is 11.5. The Morgan fingerprint density at radius 1 is 1.29 bits per heavy atom. The van der Waals surface area contributed by atoms with Crippen molar-refractivity contribution in [2.24, 2.45) is 0 Å². The second-order valence-corrected chi connectivity index (χ2v) is 5.97. The highest BCUT2D eigenvalue weighted by Gasteiger charge is 2.18. The van der Waals surface area contributed by atoms with E-state index in [-0.39, 0.29) is 0 Å². The minimum atomic E-state index is 0.320. The summed E-state index contributed by atoms with van der Waals surface area (Å²) in [5.74, 6) is 1.09. The molecule has 2 aromatic heterocycles. The molecule has 0 fully saturated rings. The van der Waals surface area contributed by atoms with Gasteiger partial charge in [0.2, 0.25) is 4.96 Å². The Kier molecular flexibility index (Phi) is 3.47. The van der Waals surface area contributed by atoms with Gasteiger partial charge in [-0.25, -0.2) is 4.98 Å². The van der Waals surface area contributed by atoms with Gasteiger partial charge in [0.25, 0.3) is 0 Å². The summed E-state index contributed by atoms with van der Waals surface area (Å²) in [5.41, 5.74) is 2.02. The van der Waals surface area contributed by atoms with Crippen molar-refractivity contribution in [2.45, 2.75) is 19.8 Å². The van der Waals surface area contributed by atoms with Crippen molar-refractivity contribution < 1.29 is 9.53 Å². The van der Waals surface area contributed by atoms with E-state index in [4.69, 9.17) is 4.74 Å². The van der Waals surface area contributed by atoms with E-state index in [9.17, 15) is 4.79 Å². The first-order valence-corrected chi connectivity index (χ1v) is 7.44. The van der Waals surface area contributed by atoms with E-state index in [2.05, 4.69) is 23.9 Å². The SMILES string of the molecule is COc1ccc(-c2nc3sc(C(C)C)nn3c2C=O)cc1. The largest absolute Gasteiger partial charge is 0.497 e. The van der Waals surface area contributed by atoms with Crippen LogP contribution in [0.15, 0.2) is 24.3 Å². The van der Waals surface area contributed by atoms with E-state index in [0.29, 0.717) is 17.3 Å². The van der Waals surface area contributed by atoms with Gasteiger partial charge >= 0.3 is 0 Å². The molecule has 0 unspecified atom stereocenters. The van der Waals surface area contributed by atoms with E-state index in [1.807, 2.05) is 24.3 Å². The van der Waals surface area contributed by atoms with E-state index in [1.165, 1.54) is 11.3 Å². The Hall–Kier alpha value is -2.21. The fourth-order valence-corrected chi connectivity index (χ4v) is 2.99. The highest BCUT2D eigenvalue weighted by Crippen LogP contribution is 2.29. The van der Waals surface area contributed by atoms with Crippen LogP contribution in [-0.4, -0.2) is 28.0 Å². The average molecular weight is 301 g/mol. The smallest absolute Gasteiger partial charge is 0.213 e. The third kappa shape index (κ3) is 2.31. The third-order valence-corrected chi connectivity index (χ3v) is 4.43. The lowest BCUT2D eigenvalue weighted by Gasteiger charge is -2.02. The molecule has 0 amide bonds. The zero-order valence-corrected chi connectivity index (χ0v) is 12.8. The molecular weight excluding hydrogens is 286 g/mol. The highest BCUT2D eigenvalue weighted by molar-refractivity contribution is 7.16. The predicted octanol–water partition coefficient (Wildman–Crippen LogP) is 3.40. The van der Waals surface area contributed by atoms with Crippen LogP contribution in [0.1, 0.15) is 35.3 Å². The Labute approximate surface area is 126 Å². The molecule has 0 bridgehead atoms. The van der Waals surface area contributed by atoms with Crippen LogP contribution in [0.2, 0.25) is 0 Å². The van der Waals surface area contributed by atoms with Crippen LogP contribution in [-0.2, 0) is 0 Å². The lowest BCUT2D eigenvalue weighted by molar-refractivity contribution is 0.111. The van der Waals surface area contributed by atoms with Crippen LogP contribution in [0.4, 0.5) is 0 Å². The topological polar surface area (TPSA) is 56.5 Å². The summed E-state index contributed by atoms with van der Waals surface area (Å²) in [6, 6.07) is 7.48. The number of ether oxygens (including phenoxy) is 1. The molecule has 21 heavy (non-hydrogen) atoms. The van der Waals surface area contributed by atoms with E-state index >= 15 is 0 Å². The number of imidazole rings is 1. The van der Waals surface area contributed by atoms with Crippen molar-refractivity contribution in [3.05, 3.63) is 35.0 Å². The van der Waals surface area contributed by atoms with Crippen molar-refractivity contribution in [2.75, 3.05) is 7.11 Å². The second-order valence-electron chi connectivity index (χ2n) is 4.98. The maximum Gasteiger partial charge on any atom is 0.213 e. The molecule has 3 rings (SSSR count). The Morgan fingerprint density at radius 2 is 2.00 bits per heavy atom. The molecule has 0 aliphatic heterocycles. The highest BCUT2D eigenvalue weighted by atomic mass is 32.1. The molecule has 0 saturated carbocycles. The van der Waals surface area contributed by atoms with Crippen LogP contribution in [0, 0.1) is 0 Å². The number of hydrogen-bond donors (Lipinski definition) is 0. The summed E-state index contributed by atoms with van der Waals surface area (Å²) in [4.78, 5) is 16.8. The molecular formula is C15H15N3O2S. The molecule has 1 aromatic carbocycles. The van der Waals surface area contributed by atoms with Crippen molar-refractivity contribution in [3.63, 3.8) is 0 Å². The van der Waals surface area contributed by atoms with Gasteiger partial charge in [-0.15, -0.1) is 0 Å². The summed E-state index contributed by atoms with van der Waals surface area (Å²) in [7, 11) is 1.62. The van der Waals surface area contributed by atoms with E-state index in [0.717, 1.165) is 27.6 Å². The summed E-state index contributed by atoms with van der Waals surface area (Å²) in [6.07, 6.45) is 0.809. The quantitative estimate of drug-likeness (QED) is 0.693. The van der Waals surface area contributed by atoms with E-state index < -0.39 is 0 Å². The summed E-state index contributed by atoms with van der Waals surface area (Å²) >= 11 is 1.52. The van der Waals surface area contributed by atoms with Crippen LogP contribution in [0.5, 0.6) is 5.75 Å². The zero-order chi connectivity index (χ0) is 15.0. The summed E-state index contributed by atoms with van der Waals surface area (Å²) < 4.78 is 6.77. The Bertz CT molecular complexity index is 787. The van der Waals surface area contributed by atoms with Gasteiger partial charge < -0.3 is 4.74 Å². The first-order valence-electron chi connectivity index (χ1n) is 6.63.